The van der Waals surface area contributed by atoms with E-state index in [4.69, 9.17) is 0 Å². The lowest BCUT2D eigenvalue weighted by Gasteiger charge is -2.06. The highest BCUT2D eigenvalue weighted by Crippen LogP contribution is 2.24. The normalized spacial score (nSPS) is 11.3. The van der Waals surface area contributed by atoms with Crippen LogP contribution in [-0.2, 0) is 0 Å². The number of para-hydroxylation sites is 2. The van der Waals surface area contributed by atoms with Crippen LogP contribution >= 0.6 is 0 Å². The molecule has 0 spiro atoms. The van der Waals surface area contributed by atoms with Crippen molar-refractivity contribution in [2.75, 3.05) is 0 Å². The molecule has 21 heavy (non-hydrogen) atoms. The molecule has 0 aliphatic heterocycles. The van der Waals surface area contributed by atoms with Crippen molar-refractivity contribution < 1.29 is 0 Å². The van der Waals surface area contributed by atoms with Gasteiger partial charge >= 0.3 is 0 Å². The van der Waals surface area contributed by atoms with E-state index in [0.29, 0.717) is 0 Å². The largest absolute Gasteiger partial charge is 0.272 e. The molecule has 5 heteroatoms. The van der Waals surface area contributed by atoms with Gasteiger partial charge in [0.2, 0.25) is 0 Å². The third-order valence-electron chi connectivity index (χ3n) is 3.53. The topological polar surface area (TPSA) is 56.0 Å². The Labute approximate surface area is 121 Å². The van der Waals surface area contributed by atoms with Crippen LogP contribution in [0.3, 0.4) is 0 Å². The second-order valence-electron chi connectivity index (χ2n) is 5.12. The molecule has 0 atom stereocenters. The minimum Gasteiger partial charge on any atom is -0.272 e. The van der Waals surface area contributed by atoms with E-state index in [1.165, 1.54) is 0 Å². The molecule has 0 radical (unpaired) electrons. The van der Waals surface area contributed by atoms with Crippen LogP contribution in [0.15, 0.2) is 42.7 Å². The lowest BCUT2D eigenvalue weighted by atomic mass is 10.2. The van der Waals surface area contributed by atoms with E-state index in [-0.39, 0.29) is 0 Å². The van der Waals surface area contributed by atoms with Gasteiger partial charge < -0.3 is 0 Å². The summed E-state index contributed by atoms with van der Waals surface area (Å²) in [5.41, 5.74) is 5.64. The van der Waals surface area contributed by atoms with E-state index in [9.17, 15) is 0 Å². The Hall–Kier alpha value is -2.82. The number of nitrogens with zero attached hydrogens (tertiary/aromatic N) is 5. The zero-order valence-electron chi connectivity index (χ0n) is 11.8. The van der Waals surface area contributed by atoms with Gasteiger partial charge in [-0.1, -0.05) is 12.1 Å². The summed E-state index contributed by atoms with van der Waals surface area (Å²) in [6, 6.07) is 10.1. The third-order valence-corrected chi connectivity index (χ3v) is 3.53. The summed E-state index contributed by atoms with van der Waals surface area (Å²) in [6.07, 6.45) is 3.64. The maximum atomic E-state index is 4.59. The van der Waals surface area contributed by atoms with Crippen molar-refractivity contribution in [3.8, 4) is 11.4 Å². The summed E-state index contributed by atoms with van der Waals surface area (Å²) >= 11 is 0. The minimum atomic E-state index is 0.783. The number of aryl methyl sites for hydroxylation is 2. The van der Waals surface area contributed by atoms with Gasteiger partial charge in [0.15, 0.2) is 11.5 Å². The Balaban J connectivity index is 2.16. The maximum absolute atomic E-state index is 4.59. The lowest BCUT2D eigenvalue weighted by molar-refractivity contribution is 1.10. The Morgan fingerprint density at radius 2 is 1.86 bits per heavy atom. The SMILES string of the molecule is Cc1cncc(-c2nnc3c(C)nc4ccccc4n23)c1. The highest BCUT2D eigenvalue weighted by atomic mass is 15.3. The molecule has 0 aliphatic rings. The van der Waals surface area contributed by atoms with Gasteiger partial charge in [-0.2, -0.15) is 0 Å². The molecule has 102 valence electrons. The molecule has 3 heterocycles. The van der Waals surface area contributed by atoms with Crippen LogP contribution in [0.4, 0.5) is 0 Å². The first-order valence-electron chi connectivity index (χ1n) is 6.76. The predicted molar refractivity (Wildman–Crippen MR) is 81.0 cm³/mol. The van der Waals surface area contributed by atoms with Gasteiger partial charge in [0, 0.05) is 18.0 Å². The number of aromatic nitrogens is 5. The molecule has 5 nitrogen and oxygen atoms in total. The van der Waals surface area contributed by atoms with Crippen molar-refractivity contribution in [1.82, 2.24) is 24.6 Å². The molecule has 0 amide bonds. The van der Waals surface area contributed by atoms with E-state index in [2.05, 4.69) is 26.2 Å². The standard InChI is InChI=1S/C16H13N5/c1-10-7-12(9-17-8-10)16-20-19-15-11(2)18-13-5-3-4-6-14(13)21(15)16/h3-9H,1-2H3. The molecule has 0 fully saturated rings. The number of hydrogen-bond donors (Lipinski definition) is 0. The van der Waals surface area contributed by atoms with Crippen LogP contribution in [0.1, 0.15) is 11.3 Å². The predicted octanol–water partition coefficient (Wildman–Crippen LogP) is 2.96. The molecule has 0 aliphatic carbocycles. The van der Waals surface area contributed by atoms with Crippen molar-refractivity contribution in [2.45, 2.75) is 13.8 Å². The number of benzene rings is 1. The molecule has 4 aromatic rings. The van der Waals surface area contributed by atoms with Gasteiger partial charge in [0.1, 0.15) is 0 Å². The first-order chi connectivity index (χ1) is 10.2. The van der Waals surface area contributed by atoms with Crippen LogP contribution in [-0.4, -0.2) is 24.6 Å². The molecule has 0 bridgehead atoms. The molecule has 0 N–H and O–H groups in total. The maximum Gasteiger partial charge on any atom is 0.183 e. The van der Waals surface area contributed by atoms with E-state index in [0.717, 1.165) is 39.3 Å². The quantitative estimate of drug-likeness (QED) is 0.536. The van der Waals surface area contributed by atoms with Crippen LogP contribution < -0.4 is 0 Å². The summed E-state index contributed by atoms with van der Waals surface area (Å²) in [5, 5.41) is 8.65. The number of pyridine rings is 1. The van der Waals surface area contributed by atoms with Gasteiger partial charge in [0.25, 0.3) is 0 Å². The fraction of sp³-hybridized carbons (Fsp3) is 0.125. The first-order valence-corrected chi connectivity index (χ1v) is 6.76. The van der Waals surface area contributed by atoms with Crippen molar-refractivity contribution in [2.24, 2.45) is 0 Å². The lowest BCUT2D eigenvalue weighted by Crippen LogP contribution is -1.97. The molecular weight excluding hydrogens is 262 g/mol. The van der Waals surface area contributed by atoms with E-state index < -0.39 is 0 Å². The summed E-state index contributed by atoms with van der Waals surface area (Å²) < 4.78 is 2.05. The fourth-order valence-electron chi connectivity index (χ4n) is 2.59. The molecule has 0 saturated heterocycles. The van der Waals surface area contributed by atoms with Crippen molar-refractivity contribution in [3.05, 3.63) is 54.0 Å². The van der Waals surface area contributed by atoms with Crippen LogP contribution in [0, 0.1) is 13.8 Å². The molecule has 1 aromatic carbocycles. The highest BCUT2D eigenvalue weighted by molar-refractivity contribution is 5.81. The van der Waals surface area contributed by atoms with Crippen LogP contribution in [0.2, 0.25) is 0 Å². The van der Waals surface area contributed by atoms with Crippen molar-refractivity contribution >= 4 is 16.7 Å². The average molecular weight is 275 g/mol. The van der Waals surface area contributed by atoms with Gasteiger partial charge in [-0.3, -0.25) is 9.38 Å². The molecular formula is C16H13N5. The summed E-state index contributed by atoms with van der Waals surface area (Å²) in [4.78, 5) is 8.84. The molecule has 4 rings (SSSR count). The van der Waals surface area contributed by atoms with E-state index >= 15 is 0 Å². The Bertz CT molecular complexity index is 971. The van der Waals surface area contributed by atoms with Crippen LogP contribution in [0.25, 0.3) is 28.1 Å². The summed E-state index contributed by atoms with van der Waals surface area (Å²) in [7, 11) is 0. The Kier molecular flexibility index (Phi) is 2.47. The number of rotatable bonds is 1. The van der Waals surface area contributed by atoms with E-state index in [1.807, 2.05) is 54.9 Å². The third kappa shape index (κ3) is 1.78. The average Bonchev–Trinajstić information content (AvgIpc) is 2.93. The second-order valence-corrected chi connectivity index (χ2v) is 5.12. The summed E-state index contributed by atoms with van der Waals surface area (Å²) in [5.74, 6) is 0.794. The Morgan fingerprint density at radius 3 is 2.71 bits per heavy atom. The Morgan fingerprint density at radius 1 is 1.00 bits per heavy atom. The van der Waals surface area contributed by atoms with Crippen molar-refractivity contribution in [3.63, 3.8) is 0 Å². The van der Waals surface area contributed by atoms with Gasteiger partial charge in [-0.25, -0.2) is 4.98 Å². The number of hydrogen-bond acceptors (Lipinski definition) is 4. The second kappa shape index (κ2) is 4.34. The first kappa shape index (κ1) is 12.0. The molecule has 0 saturated carbocycles. The fourth-order valence-corrected chi connectivity index (χ4v) is 2.59. The molecule has 0 unspecified atom stereocenters. The zero-order chi connectivity index (χ0) is 14.4. The van der Waals surface area contributed by atoms with Gasteiger partial charge in [-0.15, -0.1) is 10.2 Å². The smallest absolute Gasteiger partial charge is 0.183 e. The van der Waals surface area contributed by atoms with Gasteiger partial charge in [-0.05, 0) is 37.6 Å². The number of fused-ring (bicyclic) bond motifs is 3. The minimum absolute atomic E-state index is 0.783. The van der Waals surface area contributed by atoms with E-state index in [1.54, 1.807) is 0 Å². The van der Waals surface area contributed by atoms with Crippen molar-refractivity contribution in [1.29, 1.82) is 0 Å². The molecule has 3 aromatic heterocycles. The van der Waals surface area contributed by atoms with Crippen LogP contribution in [0.5, 0.6) is 0 Å². The summed E-state index contributed by atoms with van der Waals surface area (Å²) in [6.45, 7) is 3.97. The zero-order valence-corrected chi connectivity index (χ0v) is 11.8. The highest BCUT2D eigenvalue weighted by Gasteiger charge is 2.14. The van der Waals surface area contributed by atoms with Gasteiger partial charge in [0.05, 0.1) is 16.7 Å². The monoisotopic (exact) mass is 275 g/mol.